The van der Waals surface area contributed by atoms with Crippen LogP contribution in [-0.2, 0) is 0 Å². The van der Waals surface area contributed by atoms with Crippen molar-refractivity contribution in [1.82, 2.24) is 15.2 Å². The van der Waals surface area contributed by atoms with Crippen molar-refractivity contribution in [2.24, 2.45) is 0 Å². The third kappa shape index (κ3) is 2.23. The molecule has 0 saturated heterocycles. The van der Waals surface area contributed by atoms with E-state index in [0.717, 1.165) is 16.2 Å². The summed E-state index contributed by atoms with van der Waals surface area (Å²) in [6, 6.07) is 12.2. The van der Waals surface area contributed by atoms with E-state index in [2.05, 4.69) is 15.2 Å². The van der Waals surface area contributed by atoms with Crippen molar-refractivity contribution in [1.29, 1.82) is 0 Å². The van der Waals surface area contributed by atoms with Crippen LogP contribution >= 0.6 is 11.6 Å². The first-order valence-corrected chi connectivity index (χ1v) is 8.58. The first kappa shape index (κ1) is 15.8. The number of anilines is 1. The molecule has 5 nitrogen and oxygen atoms in total. The maximum atomic E-state index is 14.1. The summed E-state index contributed by atoms with van der Waals surface area (Å²) in [6.07, 6.45) is 1.53. The van der Waals surface area contributed by atoms with Gasteiger partial charge in [-0.05, 0) is 29.1 Å². The van der Waals surface area contributed by atoms with Gasteiger partial charge in [-0.3, -0.25) is 9.89 Å². The van der Waals surface area contributed by atoms with Crippen LogP contribution in [0.25, 0.3) is 43.7 Å². The number of nitrogens with one attached hydrogen (secondary N) is 2. The zero-order valence-electron chi connectivity index (χ0n) is 13.8. The average molecular weight is 379 g/mol. The number of aromatic nitrogens is 3. The lowest BCUT2D eigenvalue weighted by Crippen LogP contribution is -2.13. The summed E-state index contributed by atoms with van der Waals surface area (Å²) in [7, 11) is 0. The lowest BCUT2D eigenvalue weighted by atomic mass is 9.95. The molecule has 2 aromatic heterocycles. The minimum atomic E-state index is -0.420. The minimum absolute atomic E-state index is 0.0676. The summed E-state index contributed by atoms with van der Waals surface area (Å²) in [5.74, 6) is -0.420. The summed E-state index contributed by atoms with van der Waals surface area (Å²) in [4.78, 5) is 15.4. The number of nitrogen functional groups attached to an aromatic ring is 1. The van der Waals surface area contributed by atoms with Crippen LogP contribution in [0.1, 0.15) is 0 Å². The predicted octanol–water partition coefficient (Wildman–Crippen LogP) is 4.60. The molecule has 0 spiro atoms. The van der Waals surface area contributed by atoms with Gasteiger partial charge in [0, 0.05) is 26.7 Å². The van der Waals surface area contributed by atoms with Gasteiger partial charge >= 0.3 is 0 Å². The second kappa shape index (κ2) is 5.56. The molecule has 0 unspecified atom stereocenters. The highest BCUT2D eigenvalue weighted by Crippen LogP contribution is 2.38. The van der Waals surface area contributed by atoms with Crippen molar-refractivity contribution >= 4 is 49.9 Å². The van der Waals surface area contributed by atoms with Crippen molar-refractivity contribution in [2.45, 2.75) is 0 Å². The van der Waals surface area contributed by atoms with Crippen LogP contribution in [0.4, 0.5) is 10.1 Å². The number of nitrogens with two attached hydrogens (primary N) is 1. The molecule has 0 bridgehead atoms. The molecule has 0 saturated carbocycles. The summed E-state index contributed by atoms with van der Waals surface area (Å²) >= 11 is 6.16. The molecule has 5 rings (SSSR count). The van der Waals surface area contributed by atoms with Crippen molar-refractivity contribution in [2.75, 3.05) is 5.73 Å². The van der Waals surface area contributed by atoms with Crippen LogP contribution < -0.4 is 11.3 Å². The van der Waals surface area contributed by atoms with Gasteiger partial charge in [0.1, 0.15) is 17.0 Å². The smallest absolute Gasteiger partial charge is 0.272 e. The molecule has 4 N–H and O–H groups in total. The van der Waals surface area contributed by atoms with E-state index >= 15 is 0 Å². The zero-order valence-corrected chi connectivity index (χ0v) is 14.6. The molecule has 0 radical (unpaired) electrons. The Morgan fingerprint density at radius 3 is 2.67 bits per heavy atom. The van der Waals surface area contributed by atoms with Gasteiger partial charge in [-0.15, -0.1) is 0 Å². The van der Waals surface area contributed by atoms with Gasteiger partial charge in [0.2, 0.25) is 0 Å². The number of aromatic amines is 2. The third-order valence-electron chi connectivity index (χ3n) is 4.84. The maximum absolute atomic E-state index is 14.1. The third-order valence-corrected chi connectivity index (χ3v) is 5.07. The molecule has 27 heavy (non-hydrogen) atoms. The largest absolute Gasteiger partial charge is 0.394 e. The molecular formula is C20H12ClFN4O. The van der Waals surface area contributed by atoms with E-state index in [1.165, 1.54) is 12.3 Å². The molecule has 7 heteroatoms. The highest BCUT2D eigenvalue weighted by atomic mass is 35.5. The van der Waals surface area contributed by atoms with Gasteiger partial charge in [-0.1, -0.05) is 35.9 Å². The number of benzene rings is 3. The van der Waals surface area contributed by atoms with E-state index in [1.807, 2.05) is 18.2 Å². The quantitative estimate of drug-likeness (QED) is 0.372. The molecule has 0 fully saturated rings. The van der Waals surface area contributed by atoms with Gasteiger partial charge in [0.25, 0.3) is 5.56 Å². The van der Waals surface area contributed by atoms with Crippen LogP contribution in [0.2, 0.25) is 5.02 Å². The number of pyridine rings is 1. The van der Waals surface area contributed by atoms with E-state index in [4.69, 9.17) is 17.3 Å². The Kier molecular flexibility index (Phi) is 3.26. The minimum Gasteiger partial charge on any atom is -0.394 e. The normalized spacial score (nSPS) is 11.6. The molecule has 5 aromatic rings. The van der Waals surface area contributed by atoms with Crippen molar-refractivity contribution in [3.63, 3.8) is 0 Å². The number of halogens is 2. The second-order valence-electron chi connectivity index (χ2n) is 6.35. The molecule has 3 aromatic carbocycles. The van der Waals surface area contributed by atoms with Crippen molar-refractivity contribution in [3.8, 4) is 11.1 Å². The number of nitrogens with zero attached hydrogens (tertiary/aromatic N) is 1. The predicted molar refractivity (Wildman–Crippen MR) is 107 cm³/mol. The summed E-state index contributed by atoms with van der Waals surface area (Å²) in [5, 5.41) is 10.2. The monoisotopic (exact) mass is 378 g/mol. The molecule has 0 aliphatic heterocycles. The van der Waals surface area contributed by atoms with E-state index in [0.29, 0.717) is 27.1 Å². The standard InChI is InChI=1S/C20H12ClFN4O/c21-10-3-1-9-2-4-12-16(17(23)20(27)25-18(12)13(9)7-10)11-5-6-15(22)19-14(11)8-24-26-19/h1-8H,23H2,(H,24,26)(H,25,27). The number of fused-ring (bicyclic) bond motifs is 4. The van der Waals surface area contributed by atoms with Gasteiger partial charge in [0.05, 0.1) is 11.7 Å². The SMILES string of the molecule is Nc1c(-c2ccc(F)c3[nH]ncc23)c2ccc3ccc(Cl)cc3c2[nH]c1=O. The lowest BCUT2D eigenvalue weighted by molar-refractivity contribution is 0.636. The molecule has 132 valence electrons. The fraction of sp³-hybridized carbons (Fsp3) is 0. The summed E-state index contributed by atoms with van der Waals surface area (Å²) in [6.45, 7) is 0. The highest BCUT2D eigenvalue weighted by Gasteiger charge is 2.18. The topological polar surface area (TPSA) is 87.6 Å². The van der Waals surface area contributed by atoms with Gasteiger partial charge in [-0.2, -0.15) is 5.10 Å². The van der Waals surface area contributed by atoms with Gasteiger partial charge in [-0.25, -0.2) is 4.39 Å². The Balaban J connectivity index is 2.00. The second-order valence-corrected chi connectivity index (χ2v) is 6.79. The van der Waals surface area contributed by atoms with Crippen LogP contribution in [0.5, 0.6) is 0 Å². The van der Waals surface area contributed by atoms with Crippen LogP contribution in [0, 0.1) is 5.82 Å². The average Bonchev–Trinajstić information content (AvgIpc) is 3.15. The lowest BCUT2D eigenvalue weighted by Gasteiger charge is -2.13. The fourth-order valence-corrected chi connectivity index (χ4v) is 3.76. The van der Waals surface area contributed by atoms with Gasteiger partial charge in [0.15, 0.2) is 0 Å². The van der Waals surface area contributed by atoms with Gasteiger partial charge < -0.3 is 10.7 Å². The first-order chi connectivity index (χ1) is 13.0. The van der Waals surface area contributed by atoms with E-state index in [-0.39, 0.29) is 11.2 Å². The molecule has 0 aliphatic carbocycles. The molecule has 0 atom stereocenters. The summed E-state index contributed by atoms with van der Waals surface area (Å²) < 4.78 is 14.1. The van der Waals surface area contributed by atoms with E-state index in [1.54, 1.807) is 18.2 Å². The number of rotatable bonds is 1. The first-order valence-electron chi connectivity index (χ1n) is 8.20. The zero-order chi connectivity index (χ0) is 18.7. The molecule has 2 heterocycles. The molecule has 0 aliphatic rings. The number of H-pyrrole nitrogens is 2. The molecule has 0 amide bonds. The Hall–Kier alpha value is -3.38. The van der Waals surface area contributed by atoms with Crippen molar-refractivity contribution < 1.29 is 4.39 Å². The van der Waals surface area contributed by atoms with Crippen LogP contribution in [0.3, 0.4) is 0 Å². The fourth-order valence-electron chi connectivity index (χ4n) is 3.58. The highest BCUT2D eigenvalue weighted by molar-refractivity contribution is 6.32. The van der Waals surface area contributed by atoms with Crippen molar-refractivity contribution in [3.05, 3.63) is 69.9 Å². The number of hydrogen-bond donors (Lipinski definition) is 3. The Labute approximate surface area is 156 Å². The summed E-state index contributed by atoms with van der Waals surface area (Å²) in [5.41, 5.74) is 7.89. The number of hydrogen-bond acceptors (Lipinski definition) is 3. The Bertz CT molecular complexity index is 1440. The van der Waals surface area contributed by atoms with E-state index < -0.39 is 11.4 Å². The Morgan fingerprint density at radius 2 is 1.81 bits per heavy atom. The van der Waals surface area contributed by atoms with Crippen LogP contribution in [0.15, 0.2) is 53.5 Å². The van der Waals surface area contributed by atoms with E-state index in [9.17, 15) is 9.18 Å². The maximum Gasteiger partial charge on any atom is 0.272 e. The Morgan fingerprint density at radius 1 is 1.00 bits per heavy atom. The van der Waals surface area contributed by atoms with Crippen LogP contribution in [-0.4, -0.2) is 15.2 Å². The molecular weight excluding hydrogens is 367 g/mol.